The van der Waals surface area contributed by atoms with Crippen molar-refractivity contribution < 1.29 is 9.53 Å². The van der Waals surface area contributed by atoms with Crippen LogP contribution in [0.2, 0.25) is 0 Å². The quantitative estimate of drug-likeness (QED) is 0.822. The van der Waals surface area contributed by atoms with Gasteiger partial charge in [0.15, 0.2) is 6.10 Å². The summed E-state index contributed by atoms with van der Waals surface area (Å²) in [5.41, 5.74) is 0.763. The molecule has 3 rings (SSSR count). The molecule has 1 aromatic rings. The third kappa shape index (κ3) is 2.57. The summed E-state index contributed by atoms with van der Waals surface area (Å²) in [5.74, 6) is 0.719. The number of benzene rings is 1. The Morgan fingerprint density at radius 3 is 3.11 bits per heavy atom. The monoisotopic (exact) mass is 261 g/mol. The number of ether oxygens (including phenoxy) is 1. The van der Waals surface area contributed by atoms with Gasteiger partial charge in [0.05, 0.1) is 5.69 Å². The number of nitrogens with one attached hydrogen (secondary N) is 2. The Bertz CT molecular complexity index is 478. The predicted octanol–water partition coefficient (Wildman–Crippen LogP) is 0.680. The largest absolute Gasteiger partial charge is 0.478 e. The first-order chi connectivity index (χ1) is 9.24. The highest BCUT2D eigenvalue weighted by atomic mass is 16.5. The molecule has 2 heterocycles. The minimum Gasteiger partial charge on any atom is -0.478 e. The number of para-hydroxylation sites is 2. The summed E-state index contributed by atoms with van der Waals surface area (Å²) in [6.07, 6.45) is 0.311. The van der Waals surface area contributed by atoms with E-state index in [1.165, 1.54) is 0 Å². The third-order valence-electron chi connectivity index (χ3n) is 3.84. The van der Waals surface area contributed by atoms with Gasteiger partial charge in [0, 0.05) is 32.1 Å². The van der Waals surface area contributed by atoms with Gasteiger partial charge in [-0.25, -0.2) is 0 Å². The van der Waals surface area contributed by atoms with Gasteiger partial charge in [0.25, 0.3) is 5.91 Å². The Balaban J connectivity index is 1.70. The maximum absolute atomic E-state index is 12.1. The highest BCUT2D eigenvalue weighted by Gasteiger charge is 2.31. The summed E-state index contributed by atoms with van der Waals surface area (Å²) in [6.45, 7) is 2.93. The minimum atomic E-state index is -0.401. The van der Waals surface area contributed by atoms with Crippen LogP contribution in [0.15, 0.2) is 24.3 Å². The van der Waals surface area contributed by atoms with Crippen LogP contribution < -0.4 is 15.4 Å². The van der Waals surface area contributed by atoms with Crippen molar-refractivity contribution >= 4 is 11.6 Å². The lowest BCUT2D eigenvalue weighted by atomic mass is 10.0. The van der Waals surface area contributed by atoms with Crippen LogP contribution in [0.5, 0.6) is 5.75 Å². The summed E-state index contributed by atoms with van der Waals surface area (Å²) in [6, 6.07) is 7.90. The van der Waals surface area contributed by atoms with Gasteiger partial charge in [-0.2, -0.15) is 0 Å². The van der Waals surface area contributed by atoms with Gasteiger partial charge >= 0.3 is 0 Å². The molecular weight excluding hydrogens is 242 g/mol. The molecule has 0 bridgehead atoms. The van der Waals surface area contributed by atoms with E-state index in [9.17, 15) is 4.79 Å². The zero-order valence-corrected chi connectivity index (χ0v) is 11.1. The molecule has 102 valence electrons. The van der Waals surface area contributed by atoms with Gasteiger partial charge in [0.1, 0.15) is 5.75 Å². The highest BCUT2D eigenvalue weighted by molar-refractivity contribution is 5.97. The van der Waals surface area contributed by atoms with Gasteiger partial charge in [-0.3, -0.25) is 4.79 Å². The molecule has 0 aliphatic carbocycles. The van der Waals surface area contributed by atoms with Crippen LogP contribution in [0.25, 0.3) is 0 Å². The predicted molar refractivity (Wildman–Crippen MR) is 73.4 cm³/mol. The van der Waals surface area contributed by atoms with Crippen molar-refractivity contribution in [1.29, 1.82) is 0 Å². The van der Waals surface area contributed by atoms with E-state index in [4.69, 9.17) is 4.74 Å². The van der Waals surface area contributed by atoms with Crippen molar-refractivity contribution in [1.82, 2.24) is 10.2 Å². The molecule has 1 fully saturated rings. The van der Waals surface area contributed by atoms with Crippen molar-refractivity contribution in [2.24, 2.45) is 0 Å². The molecule has 2 aliphatic heterocycles. The summed E-state index contributed by atoms with van der Waals surface area (Å²) < 4.78 is 5.83. The fourth-order valence-corrected chi connectivity index (χ4v) is 2.62. The van der Waals surface area contributed by atoms with E-state index in [2.05, 4.69) is 22.6 Å². The molecule has 2 N–H and O–H groups in total. The first-order valence-electron chi connectivity index (χ1n) is 6.71. The number of anilines is 1. The number of amides is 1. The normalized spacial score (nSPS) is 27.3. The molecule has 0 aromatic heterocycles. The topological polar surface area (TPSA) is 53.6 Å². The average molecular weight is 261 g/mol. The second kappa shape index (κ2) is 5.19. The Labute approximate surface area is 112 Å². The van der Waals surface area contributed by atoms with Crippen molar-refractivity contribution in [2.75, 3.05) is 32.0 Å². The lowest BCUT2D eigenvalue weighted by molar-refractivity contribution is -0.124. The number of hydrogen-bond acceptors (Lipinski definition) is 4. The van der Waals surface area contributed by atoms with Crippen LogP contribution in [0.3, 0.4) is 0 Å². The van der Waals surface area contributed by atoms with Crippen molar-refractivity contribution in [2.45, 2.75) is 18.6 Å². The van der Waals surface area contributed by atoms with Gasteiger partial charge < -0.3 is 20.3 Å². The van der Waals surface area contributed by atoms with Crippen molar-refractivity contribution in [3.8, 4) is 5.75 Å². The second-order valence-corrected chi connectivity index (χ2v) is 5.17. The van der Waals surface area contributed by atoms with Crippen LogP contribution >= 0.6 is 0 Å². The molecular formula is C14H19N3O2. The standard InChI is InChI=1S/C14H19N3O2/c1-17-7-6-15-9-10(17)8-13-14(18)16-11-4-2-3-5-12(11)19-13/h2-5,10,13,15H,6-9H2,1H3,(H,16,18). The molecule has 1 aromatic carbocycles. The number of rotatable bonds is 2. The third-order valence-corrected chi connectivity index (χ3v) is 3.84. The lowest BCUT2D eigenvalue weighted by Gasteiger charge is -2.36. The van der Waals surface area contributed by atoms with Gasteiger partial charge in [0.2, 0.25) is 0 Å². The average Bonchev–Trinajstić information content (AvgIpc) is 2.42. The molecule has 1 amide bonds. The molecule has 5 heteroatoms. The smallest absolute Gasteiger partial charge is 0.265 e. The number of nitrogens with zero attached hydrogens (tertiary/aromatic N) is 1. The molecule has 2 unspecified atom stereocenters. The molecule has 0 spiro atoms. The van der Waals surface area contributed by atoms with E-state index in [0.717, 1.165) is 31.1 Å². The van der Waals surface area contributed by atoms with Crippen LogP contribution in [-0.2, 0) is 4.79 Å². The summed E-state index contributed by atoms with van der Waals surface area (Å²) in [5, 5.41) is 6.27. The number of likely N-dealkylation sites (N-methyl/N-ethyl adjacent to an activating group) is 1. The molecule has 1 saturated heterocycles. The summed E-state index contributed by atoms with van der Waals surface area (Å²) in [4.78, 5) is 14.3. The number of fused-ring (bicyclic) bond motifs is 1. The van der Waals surface area contributed by atoms with Crippen LogP contribution in [-0.4, -0.2) is 49.6 Å². The minimum absolute atomic E-state index is 0.0438. The van der Waals surface area contributed by atoms with Gasteiger partial charge in [-0.15, -0.1) is 0 Å². The van der Waals surface area contributed by atoms with Crippen LogP contribution in [0.1, 0.15) is 6.42 Å². The van der Waals surface area contributed by atoms with E-state index in [1.807, 2.05) is 24.3 Å². The molecule has 0 radical (unpaired) electrons. The van der Waals surface area contributed by atoms with E-state index in [1.54, 1.807) is 0 Å². The van der Waals surface area contributed by atoms with E-state index < -0.39 is 6.10 Å². The first kappa shape index (κ1) is 12.4. The Hall–Kier alpha value is -1.59. The van der Waals surface area contributed by atoms with Crippen molar-refractivity contribution in [3.05, 3.63) is 24.3 Å². The summed E-state index contributed by atoms with van der Waals surface area (Å²) >= 11 is 0. The summed E-state index contributed by atoms with van der Waals surface area (Å²) in [7, 11) is 2.10. The van der Waals surface area contributed by atoms with Crippen LogP contribution in [0.4, 0.5) is 5.69 Å². The number of carbonyl (C=O) groups is 1. The van der Waals surface area contributed by atoms with E-state index in [0.29, 0.717) is 12.5 Å². The molecule has 0 saturated carbocycles. The van der Waals surface area contributed by atoms with Crippen LogP contribution in [0, 0.1) is 0 Å². The fraction of sp³-hybridized carbons (Fsp3) is 0.500. The second-order valence-electron chi connectivity index (χ2n) is 5.17. The molecule has 19 heavy (non-hydrogen) atoms. The zero-order valence-electron chi connectivity index (χ0n) is 11.1. The van der Waals surface area contributed by atoms with Crippen molar-refractivity contribution in [3.63, 3.8) is 0 Å². The van der Waals surface area contributed by atoms with E-state index >= 15 is 0 Å². The van der Waals surface area contributed by atoms with Gasteiger partial charge in [-0.05, 0) is 19.2 Å². The maximum Gasteiger partial charge on any atom is 0.265 e. The molecule has 2 aliphatic rings. The molecule has 5 nitrogen and oxygen atoms in total. The molecule has 2 atom stereocenters. The SMILES string of the molecule is CN1CCNCC1CC1Oc2ccccc2NC1=O. The fourth-order valence-electron chi connectivity index (χ4n) is 2.62. The van der Waals surface area contributed by atoms with E-state index in [-0.39, 0.29) is 5.91 Å². The van der Waals surface area contributed by atoms with Gasteiger partial charge in [-0.1, -0.05) is 12.1 Å². The number of hydrogen-bond donors (Lipinski definition) is 2. The first-order valence-corrected chi connectivity index (χ1v) is 6.71. The Morgan fingerprint density at radius 2 is 2.26 bits per heavy atom. The zero-order chi connectivity index (χ0) is 13.2. The maximum atomic E-state index is 12.1. The Kier molecular flexibility index (Phi) is 3.40. The number of carbonyl (C=O) groups excluding carboxylic acids is 1. The lowest BCUT2D eigenvalue weighted by Crippen LogP contribution is -2.52. The Morgan fingerprint density at radius 1 is 1.42 bits per heavy atom. The highest BCUT2D eigenvalue weighted by Crippen LogP contribution is 2.30. The number of piperazine rings is 1.